The fourth-order valence-electron chi connectivity index (χ4n) is 5.81. The highest BCUT2D eigenvalue weighted by Crippen LogP contribution is 2.40. The summed E-state index contributed by atoms with van der Waals surface area (Å²) < 4.78 is 30.4. The van der Waals surface area contributed by atoms with Crippen LogP contribution in [0.4, 0.5) is 9.59 Å². The van der Waals surface area contributed by atoms with Gasteiger partial charge in [-0.1, -0.05) is 12.8 Å². The summed E-state index contributed by atoms with van der Waals surface area (Å²) >= 11 is 0. The van der Waals surface area contributed by atoms with Crippen molar-refractivity contribution in [3.05, 3.63) is 0 Å². The Morgan fingerprint density at radius 1 is 0.925 bits per heavy atom. The first-order valence-corrected chi connectivity index (χ1v) is 14.3. The zero-order valence-corrected chi connectivity index (χ0v) is 23.3. The van der Waals surface area contributed by atoms with Gasteiger partial charge in [-0.05, 0) is 65.3 Å². The normalized spacial score (nSPS) is 31.9. The molecule has 3 saturated heterocycles. The number of unbranched alkanes of at least 4 members (excludes halogenated alkanes) is 1. The van der Waals surface area contributed by atoms with Crippen LogP contribution in [0.2, 0.25) is 0 Å². The molecule has 0 bridgehead atoms. The van der Waals surface area contributed by atoms with Crippen LogP contribution in [0.25, 0.3) is 0 Å². The predicted molar refractivity (Wildman–Crippen MR) is 136 cm³/mol. The van der Waals surface area contributed by atoms with E-state index in [1.54, 1.807) is 25.7 Å². The Bertz CT molecular complexity index is 959. The second kappa shape index (κ2) is 13.5. The predicted octanol–water partition coefficient (Wildman–Crippen LogP) is 2.23. The molecule has 0 aromatic carbocycles. The van der Waals surface area contributed by atoms with Gasteiger partial charge in [0.2, 0.25) is 5.91 Å². The zero-order valence-electron chi connectivity index (χ0n) is 23.3. The van der Waals surface area contributed by atoms with Crippen molar-refractivity contribution in [2.75, 3.05) is 19.8 Å². The Morgan fingerprint density at radius 2 is 1.55 bits per heavy atom. The minimum Gasteiger partial charge on any atom is -0.462 e. The van der Waals surface area contributed by atoms with Gasteiger partial charge < -0.3 is 38.6 Å². The highest BCUT2D eigenvalue weighted by atomic mass is 16.8. The molecule has 0 aromatic rings. The van der Waals surface area contributed by atoms with Crippen LogP contribution in [0, 0.1) is 5.92 Å². The van der Waals surface area contributed by atoms with Crippen molar-refractivity contribution >= 4 is 30.2 Å². The summed E-state index contributed by atoms with van der Waals surface area (Å²) in [6.45, 7) is 5.46. The van der Waals surface area contributed by atoms with E-state index in [0.29, 0.717) is 25.8 Å². The molecule has 1 amide bonds. The van der Waals surface area contributed by atoms with Crippen molar-refractivity contribution in [1.29, 1.82) is 0 Å². The number of likely N-dealkylation sites (tertiary alicyclic amines) is 1. The second-order valence-corrected chi connectivity index (χ2v) is 11.0. The van der Waals surface area contributed by atoms with Gasteiger partial charge in [0.15, 0.2) is 12.2 Å². The Hall–Kier alpha value is -3.09. The first-order valence-electron chi connectivity index (χ1n) is 14.3. The summed E-state index contributed by atoms with van der Waals surface area (Å²) in [6.07, 6.45) is 2.07. The Balaban J connectivity index is 1.20. The number of hydrogen-bond acceptors (Lipinski definition) is 12. The van der Waals surface area contributed by atoms with Gasteiger partial charge >= 0.3 is 24.2 Å². The van der Waals surface area contributed by atoms with Gasteiger partial charge in [0.05, 0.1) is 6.04 Å². The molecule has 13 nitrogen and oxygen atoms in total. The van der Waals surface area contributed by atoms with E-state index in [1.165, 1.54) is 0 Å². The molecular formula is C27H40N2O11. The van der Waals surface area contributed by atoms with E-state index in [4.69, 9.17) is 28.4 Å². The van der Waals surface area contributed by atoms with Crippen molar-refractivity contribution in [1.82, 2.24) is 10.2 Å². The number of carbonyl (C=O) groups is 5. The quantitative estimate of drug-likeness (QED) is 0.208. The van der Waals surface area contributed by atoms with E-state index in [-0.39, 0.29) is 37.5 Å². The first-order chi connectivity index (χ1) is 19.1. The van der Waals surface area contributed by atoms with E-state index in [1.807, 2.05) is 0 Å². The summed E-state index contributed by atoms with van der Waals surface area (Å²) in [5.41, 5.74) is 0. The standard InChI is InChI=1S/C27H40N2O11/c1-15(28-11-7-6-10-23(30)35-13-21-16(2)37-26(33)39-21)24(31)29-19-9-5-4-8-18(19)12-20(29)25(32)36-14-22-17(3)38-27(34)40-22/h15-22,28H,4-14H2,1-3H3/t15?,16?,17?,18-,19-,20-,21-,22?/m0/s1. The summed E-state index contributed by atoms with van der Waals surface area (Å²) in [7, 11) is 0. The van der Waals surface area contributed by atoms with Crippen LogP contribution in [0.5, 0.6) is 0 Å². The van der Waals surface area contributed by atoms with Crippen molar-refractivity contribution in [3.63, 3.8) is 0 Å². The molecule has 0 aromatic heterocycles. The van der Waals surface area contributed by atoms with E-state index < -0.39 is 60.7 Å². The van der Waals surface area contributed by atoms with Crippen LogP contribution in [-0.2, 0) is 42.8 Å². The molecule has 3 heterocycles. The van der Waals surface area contributed by atoms with Crippen LogP contribution < -0.4 is 5.32 Å². The van der Waals surface area contributed by atoms with Crippen LogP contribution in [0.3, 0.4) is 0 Å². The number of esters is 2. The van der Waals surface area contributed by atoms with Crippen LogP contribution in [0.1, 0.15) is 72.1 Å². The van der Waals surface area contributed by atoms with Crippen molar-refractivity contribution in [2.45, 2.75) is 115 Å². The van der Waals surface area contributed by atoms with E-state index >= 15 is 0 Å². The number of ether oxygens (including phenoxy) is 6. The maximum atomic E-state index is 13.5. The van der Waals surface area contributed by atoms with Gasteiger partial charge in [-0.25, -0.2) is 14.4 Å². The number of carbonyl (C=O) groups excluding carboxylic acids is 5. The van der Waals surface area contributed by atoms with Gasteiger partial charge in [-0.15, -0.1) is 0 Å². The van der Waals surface area contributed by atoms with Crippen LogP contribution in [0.15, 0.2) is 0 Å². The lowest BCUT2D eigenvalue weighted by Crippen LogP contribution is -2.53. The molecule has 4 rings (SSSR count). The molecule has 1 saturated carbocycles. The van der Waals surface area contributed by atoms with Gasteiger partial charge in [0.1, 0.15) is 31.5 Å². The maximum Gasteiger partial charge on any atom is 0.509 e. The number of nitrogens with one attached hydrogen (secondary N) is 1. The van der Waals surface area contributed by atoms with Gasteiger partial charge in [-0.3, -0.25) is 9.59 Å². The smallest absolute Gasteiger partial charge is 0.462 e. The van der Waals surface area contributed by atoms with Crippen LogP contribution >= 0.6 is 0 Å². The monoisotopic (exact) mass is 568 g/mol. The van der Waals surface area contributed by atoms with Gasteiger partial charge in [0, 0.05) is 12.5 Å². The summed E-state index contributed by atoms with van der Waals surface area (Å²) in [4.78, 5) is 62.8. The average molecular weight is 569 g/mol. The topological polar surface area (TPSA) is 156 Å². The maximum absolute atomic E-state index is 13.5. The largest absolute Gasteiger partial charge is 0.509 e. The van der Waals surface area contributed by atoms with Crippen molar-refractivity contribution in [3.8, 4) is 0 Å². The first kappa shape index (κ1) is 29.9. The minimum absolute atomic E-state index is 0.00311. The van der Waals surface area contributed by atoms with E-state index in [9.17, 15) is 24.0 Å². The molecule has 4 unspecified atom stereocenters. The lowest BCUT2D eigenvalue weighted by Gasteiger charge is -2.35. The highest BCUT2D eigenvalue weighted by Gasteiger charge is 2.49. The van der Waals surface area contributed by atoms with E-state index in [0.717, 1.165) is 25.7 Å². The van der Waals surface area contributed by atoms with Gasteiger partial charge in [0.25, 0.3) is 0 Å². The highest BCUT2D eigenvalue weighted by molar-refractivity contribution is 5.88. The summed E-state index contributed by atoms with van der Waals surface area (Å²) in [5.74, 6) is -0.782. The molecule has 8 atom stereocenters. The molecule has 4 fully saturated rings. The fourth-order valence-corrected chi connectivity index (χ4v) is 5.81. The van der Waals surface area contributed by atoms with Gasteiger partial charge in [-0.2, -0.15) is 0 Å². The molecule has 3 aliphatic heterocycles. The van der Waals surface area contributed by atoms with Crippen molar-refractivity contribution in [2.24, 2.45) is 5.92 Å². The molecule has 1 N–H and O–H groups in total. The number of nitrogens with zero attached hydrogens (tertiary/aromatic N) is 1. The number of cyclic esters (lactones) is 4. The Kier molecular flexibility index (Phi) is 10.1. The summed E-state index contributed by atoms with van der Waals surface area (Å²) in [6, 6.07) is -1.21. The molecule has 4 aliphatic rings. The molecule has 40 heavy (non-hydrogen) atoms. The number of rotatable bonds is 12. The van der Waals surface area contributed by atoms with E-state index in [2.05, 4.69) is 5.32 Å². The lowest BCUT2D eigenvalue weighted by molar-refractivity contribution is -0.157. The minimum atomic E-state index is -0.782. The Labute approximate surface area is 233 Å². The number of hydrogen-bond donors (Lipinski definition) is 1. The second-order valence-electron chi connectivity index (χ2n) is 11.0. The molecule has 0 spiro atoms. The molecule has 0 radical (unpaired) electrons. The molecule has 13 heteroatoms. The SMILES string of the molecule is CC(NCCCCC(=O)OC[C@@H]1OC(=O)OC1C)C(=O)N1[C@H](C(=O)OCC2OC(=O)OC2C)C[C@@H]2CCCC[C@@H]21. The zero-order chi connectivity index (χ0) is 28.8. The molecule has 224 valence electrons. The average Bonchev–Trinajstić information content (AvgIpc) is 3.57. The third-order valence-electron chi connectivity index (χ3n) is 8.15. The van der Waals surface area contributed by atoms with Crippen LogP contribution in [-0.4, -0.2) is 97.4 Å². The summed E-state index contributed by atoms with van der Waals surface area (Å²) in [5, 5.41) is 3.22. The number of amides is 1. The Morgan fingerprint density at radius 3 is 2.17 bits per heavy atom. The molecular weight excluding hydrogens is 528 g/mol. The third kappa shape index (κ3) is 7.35. The number of fused-ring (bicyclic) bond motifs is 1. The molecule has 1 aliphatic carbocycles. The fraction of sp³-hybridized carbons (Fsp3) is 0.815. The van der Waals surface area contributed by atoms with Crippen molar-refractivity contribution < 1.29 is 52.4 Å². The lowest BCUT2D eigenvalue weighted by atomic mass is 9.84. The third-order valence-corrected chi connectivity index (χ3v) is 8.15.